The van der Waals surface area contributed by atoms with Gasteiger partial charge in [-0.15, -0.1) is 0 Å². The second-order valence-corrected chi connectivity index (χ2v) is 7.65. The molecule has 1 aromatic heterocycles. The van der Waals surface area contributed by atoms with E-state index < -0.39 is 0 Å². The minimum atomic E-state index is -0.00476. The van der Waals surface area contributed by atoms with Crippen LogP contribution >= 0.6 is 0 Å². The predicted octanol–water partition coefficient (Wildman–Crippen LogP) is 2.77. The highest BCUT2D eigenvalue weighted by Gasteiger charge is 2.23. The molecular weight excluding hydrogens is 338 g/mol. The van der Waals surface area contributed by atoms with E-state index in [4.69, 9.17) is 9.98 Å². The van der Waals surface area contributed by atoms with E-state index in [0.717, 1.165) is 47.5 Å². The molecule has 0 bridgehead atoms. The van der Waals surface area contributed by atoms with Gasteiger partial charge >= 0.3 is 0 Å². The Balaban J connectivity index is 1.64. The molecule has 4 rings (SSSR count). The van der Waals surface area contributed by atoms with Crippen LogP contribution in [0.25, 0.3) is 0 Å². The number of carbonyl (C=O) groups is 1. The van der Waals surface area contributed by atoms with Crippen molar-refractivity contribution in [1.29, 1.82) is 0 Å². The van der Waals surface area contributed by atoms with Crippen LogP contribution in [0.5, 0.6) is 0 Å². The topological polar surface area (TPSA) is 61.7 Å². The molecule has 3 heterocycles. The zero-order valence-electron chi connectivity index (χ0n) is 16.1. The first-order valence-electron chi connectivity index (χ1n) is 9.50. The number of hydrogen-bond donors (Lipinski definition) is 0. The molecule has 0 unspecified atom stereocenters. The lowest BCUT2D eigenvalue weighted by atomic mass is 9.99. The van der Waals surface area contributed by atoms with Crippen molar-refractivity contribution in [3.8, 4) is 0 Å². The Morgan fingerprint density at radius 2 is 1.96 bits per heavy atom. The van der Waals surface area contributed by atoms with E-state index in [1.165, 1.54) is 12.8 Å². The van der Waals surface area contributed by atoms with Crippen molar-refractivity contribution >= 4 is 17.6 Å². The van der Waals surface area contributed by atoms with E-state index in [-0.39, 0.29) is 5.91 Å². The Bertz CT molecular complexity index is 897. The fourth-order valence-corrected chi connectivity index (χ4v) is 3.64. The number of amides is 1. The van der Waals surface area contributed by atoms with Crippen LogP contribution in [0.2, 0.25) is 0 Å². The first-order chi connectivity index (χ1) is 13.0. The molecule has 0 aliphatic carbocycles. The molecule has 0 radical (unpaired) electrons. The average Bonchev–Trinajstić information content (AvgIpc) is 3.11. The summed E-state index contributed by atoms with van der Waals surface area (Å²) >= 11 is 0. The molecule has 1 amide bonds. The summed E-state index contributed by atoms with van der Waals surface area (Å²) in [5.41, 5.74) is 4.48. The zero-order chi connectivity index (χ0) is 19.0. The van der Waals surface area contributed by atoms with Crippen LogP contribution in [0, 0.1) is 5.92 Å². The van der Waals surface area contributed by atoms with E-state index in [9.17, 15) is 4.79 Å². The summed E-state index contributed by atoms with van der Waals surface area (Å²) in [7, 11) is 3.53. The highest BCUT2D eigenvalue weighted by Crippen LogP contribution is 2.25. The maximum Gasteiger partial charge on any atom is 0.253 e. The van der Waals surface area contributed by atoms with Crippen LogP contribution in [0.4, 0.5) is 5.95 Å². The number of anilines is 1. The normalized spacial score (nSPS) is 16.9. The molecular formula is C21H25N5O. The Morgan fingerprint density at radius 3 is 2.70 bits per heavy atom. The molecule has 6 heteroatoms. The molecule has 1 aromatic carbocycles. The third kappa shape index (κ3) is 3.44. The second-order valence-electron chi connectivity index (χ2n) is 7.65. The van der Waals surface area contributed by atoms with Crippen LogP contribution in [0.15, 0.2) is 35.5 Å². The Labute approximate surface area is 160 Å². The maximum absolute atomic E-state index is 12.3. The molecule has 0 N–H and O–H groups in total. The quantitative estimate of drug-likeness (QED) is 0.841. The summed E-state index contributed by atoms with van der Waals surface area (Å²) in [5, 5.41) is 0. The van der Waals surface area contributed by atoms with Gasteiger partial charge in [0.15, 0.2) is 0 Å². The number of fused-ring (bicyclic) bond motifs is 1. The van der Waals surface area contributed by atoms with Gasteiger partial charge in [0.1, 0.15) is 0 Å². The van der Waals surface area contributed by atoms with Crippen LogP contribution < -0.4 is 4.90 Å². The van der Waals surface area contributed by atoms with Crippen LogP contribution in [-0.4, -0.2) is 53.7 Å². The number of aromatic nitrogens is 2. The summed E-state index contributed by atoms with van der Waals surface area (Å²) in [6.07, 6.45) is 4.16. The number of rotatable bonds is 3. The van der Waals surface area contributed by atoms with E-state index in [1.807, 2.05) is 30.5 Å². The largest absolute Gasteiger partial charge is 0.345 e. The van der Waals surface area contributed by atoms with E-state index in [0.29, 0.717) is 12.1 Å². The van der Waals surface area contributed by atoms with E-state index in [1.54, 1.807) is 19.0 Å². The highest BCUT2D eigenvalue weighted by molar-refractivity contribution is 6.15. The van der Waals surface area contributed by atoms with Gasteiger partial charge in [0.2, 0.25) is 5.95 Å². The Hall–Kier alpha value is -2.76. The lowest BCUT2D eigenvalue weighted by molar-refractivity contribution is 0.0827. The standard InChI is InChI=1S/C21H25N5O/c1-14-7-10-26(11-8-14)21-22-9-6-18(24-21)19-17-12-15(20(27)25(2)3)4-5-16(17)13-23-19/h4-6,9,12,14H,7-8,10-11,13H2,1-3H3. The third-order valence-corrected chi connectivity index (χ3v) is 5.38. The van der Waals surface area contributed by atoms with Crippen molar-refractivity contribution in [3.05, 3.63) is 52.8 Å². The van der Waals surface area contributed by atoms with E-state index >= 15 is 0 Å². The minimum Gasteiger partial charge on any atom is -0.345 e. The number of hydrogen-bond acceptors (Lipinski definition) is 5. The van der Waals surface area contributed by atoms with E-state index in [2.05, 4.69) is 16.8 Å². The highest BCUT2D eigenvalue weighted by atomic mass is 16.2. The molecule has 1 fully saturated rings. The van der Waals surface area contributed by atoms with Gasteiger partial charge in [0, 0.05) is 44.5 Å². The summed E-state index contributed by atoms with van der Waals surface area (Å²) in [6, 6.07) is 7.72. The van der Waals surface area contributed by atoms with Crippen molar-refractivity contribution in [2.75, 3.05) is 32.1 Å². The lowest BCUT2D eigenvalue weighted by Gasteiger charge is -2.30. The fourth-order valence-electron chi connectivity index (χ4n) is 3.64. The number of carbonyl (C=O) groups excluding carboxylic acids is 1. The maximum atomic E-state index is 12.3. The van der Waals surface area contributed by atoms with Gasteiger partial charge in [0.05, 0.1) is 18.0 Å². The van der Waals surface area contributed by atoms with Gasteiger partial charge in [0.25, 0.3) is 5.91 Å². The van der Waals surface area contributed by atoms with Gasteiger partial charge < -0.3 is 9.80 Å². The SMILES string of the molecule is CC1CCN(c2nccc(C3=NCc4ccc(C(=O)N(C)C)cc43)n2)CC1. The first-order valence-corrected chi connectivity index (χ1v) is 9.50. The van der Waals surface area contributed by atoms with Crippen LogP contribution in [0.1, 0.15) is 46.9 Å². The number of aliphatic imine (C=N–C) groups is 1. The summed E-state index contributed by atoms with van der Waals surface area (Å²) in [5.74, 6) is 1.54. The smallest absolute Gasteiger partial charge is 0.253 e. The summed E-state index contributed by atoms with van der Waals surface area (Å²) < 4.78 is 0. The minimum absolute atomic E-state index is 0.00476. The Morgan fingerprint density at radius 1 is 1.19 bits per heavy atom. The monoisotopic (exact) mass is 363 g/mol. The Kier molecular flexibility index (Phi) is 4.64. The molecule has 27 heavy (non-hydrogen) atoms. The predicted molar refractivity (Wildman–Crippen MR) is 106 cm³/mol. The molecule has 140 valence electrons. The molecule has 0 spiro atoms. The molecule has 6 nitrogen and oxygen atoms in total. The molecule has 2 aliphatic heterocycles. The molecule has 1 saturated heterocycles. The van der Waals surface area contributed by atoms with Crippen LogP contribution in [0.3, 0.4) is 0 Å². The molecule has 2 aromatic rings. The summed E-state index contributed by atoms with van der Waals surface area (Å²) in [6.45, 7) is 4.91. The zero-order valence-corrected chi connectivity index (χ0v) is 16.1. The van der Waals surface area contributed by atoms with Crippen molar-refractivity contribution in [2.45, 2.75) is 26.3 Å². The van der Waals surface area contributed by atoms with Crippen LogP contribution in [-0.2, 0) is 6.54 Å². The van der Waals surface area contributed by atoms with Crippen molar-refractivity contribution in [2.24, 2.45) is 10.9 Å². The van der Waals surface area contributed by atoms with Crippen molar-refractivity contribution in [1.82, 2.24) is 14.9 Å². The lowest BCUT2D eigenvalue weighted by Crippen LogP contribution is -2.34. The summed E-state index contributed by atoms with van der Waals surface area (Å²) in [4.78, 5) is 30.2. The molecule has 2 aliphatic rings. The number of nitrogens with zero attached hydrogens (tertiary/aromatic N) is 5. The number of piperidine rings is 1. The van der Waals surface area contributed by atoms with Crippen molar-refractivity contribution in [3.63, 3.8) is 0 Å². The molecule has 0 saturated carbocycles. The van der Waals surface area contributed by atoms with Gasteiger partial charge in [-0.3, -0.25) is 9.79 Å². The first kappa shape index (κ1) is 17.6. The average molecular weight is 363 g/mol. The third-order valence-electron chi connectivity index (χ3n) is 5.38. The second kappa shape index (κ2) is 7.10. The molecule has 0 atom stereocenters. The van der Waals surface area contributed by atoms with Gasteiger partial charge in [-0.25, -0.2) is 9.97 Å². The van der Waals surface area contributed by atoms with Crippen molar-refractivity contribution < 1.29 is 4.79 Å². The van der Waals surface area contributed by atoms with Gasteiger partial charge in [-0.2, -0.15) is 0 Å². The van der Waals surface area contributed by atoms with Gasteiger partial charge in [-0.1, -0.05) is 13.0 Å². The number of benzene rings is 1. The van der Waals surface area contributed by atoms with Gasteiger partial charge in [-0.05, 0) is 42.5 Å². The fraction of sp³-hybridized carbons (Fsp3) is 0.429.